The van der Waals surface area contributed by atoms with E-state index in [1.165, 1.54) is 6.07 Å². The molecule has 1 saturated heterocycles. The van der Waals surface area contributed by atoms with E-state index < -0.39 is 4.92 Å². The lowest BCUT2D eigenvalue weighted by atomic mass is 10.1. The molecule has 0 bridgehead atoms. The lowest BCUT2D eigenvalue weighted by Crippen LogP contribution is -2.49. The summed E-state index contributed by atoms with van der Waals surface area (Å²) in [6.07, 6.45) is 3.64. The Morgan fingerprint density at radius 2 is 1.90 bits per heavy atom. The minimum atomic E-state index is -0.456. The predicted molar refractivity (Wildman–Crippen MR) is 116 cm³/mol. The van der Waals surface area contributed by atoms with Gasteiger partial charge in [-0.15, -0.1) is 0 Å². The van der Waals surface area contributed by atoms with E-state index in [1.54, 1.807) is 37.3 Å². The van der Waals surface area contributed by atoms with E-state index in [-0.39, 0.29) is 11.6 Å². The van der Waals surface area contributed by atoms with Crippen molar-refractivity contribution in [1.29, 1.82) is 0 Å². The van der Waals surface area contributed by atoms with Gasteiger partial charge < -0.3 is 14.5 Å². The Labute approximate surface area is 179 Å². The Morgan fingerprint density at radius 1 is 1.13 bits per heavy atom. The Balaban J connectivity index is 1.48. The summed E-state index contributed by atoms with van der Waals surface area (Å²) in [4.78, 5) is 32.0. The molecule has 0 N–H and O–H groups in total. The molecular formula is C22H23N5O4. The number of imidazole rings is 1. The summed E-state index contributed by atoms with van der Waals surface area (Å²) >= 11 is 0. The van der Waals surface area contributed by atoms with Crippen LogP contribution >= 0.6 is 0 Å². The van der Waals surface area contributed by atoms with Crippen molar-refractivity contribution in [1.82, 2.24) is 14.5 Å². The van der Waals surface area contributed by atoms with Gasteiger partial charge in [-0.25, -0.2) is 4.98 Å². The molecule has 160 valence electrons. The van der Waals surface area contributed by atoms with Crippen molar-refractivity contribution in [2.45, 2.75) is 6.92 Å². The lowest BCUT2D eigenvalue weighted by Gasteiger charge is -2.35. The number of anilines is 1. The molecule has 0 aliphatic carbocycles. The van der Waals surface area contributed by atoms with Crippen LogP contribution in [0.1, 0.15) is 15.9 Å². The monoisotopic (exact) mass is 421 g/mol. The van der Waals surface area contributed by atoms with Crippen LogP contribution in [0.3, 0.4) is 0 Å². The first-order valence-corrected chi connectivity index (χ1v) is 9.95. The van der Waals surface area contributed by atoms with E-state index >= 15 is 0 Å². The summed E-state index contributed by atoms with van der Waals surface area (Å²) in [5, 5.41) is 11.2. The first-order valence-electron chi connectivity index (χ1n) is 9.95. The molecular weight excluding hydrogens is 398 g/mol. The molecule has 1 aliphatic rings. The van der Waals surface area contributed by atoms with Crippen LogP contribution in [0.15, 0.2) is 54.9 Å². The summed E-state index contributed by atoms with van der Waals surface area (Å²) in [5.41, 5.74) is 1.78. The number of methoxy groups -OCH3 is 1. The van der Waals surface area contributed by atoms with Crippen molar-refractivity contribution >= 4 is 17.5 Å². The molecule has 0 radical (unpaired) electrons. The topological polar surface area (TPSA) is 93.7 Å². The van der Waals surface area contributed by atoms with Gasteiger partial charge in [0.15, 0.2) is 0 Å². The Bertz CT molecular complexity index is 1120. The Kier molecular flexibility index (Phi) is 5.57. The third-order valence-electron chi connectivity index (χ3n) is 5.46. The zero-order valence-electron chi connectivity index (χ0n) is 17.4. The van der Waals surface area contributed by atoms with Gasteiger partial charge in [-0.1, -0.05) is 12.1 Å². The zero-order chi connectivity index (χ0) is 22.0. The van der Waals surface area contributed by atoms with Gasteiger partial charge >= 0.3 is 0 Å². The lowest BCUT2D eigenvalue weighted by molar-refractivity contribution is -0.385. The molecule has 1 amide bonds. The fourth-order valence-corrected chi connectivity index (χ4v) is 3.72. The highest BCUT2D eigenvalue weighted by Gasteiger charge is 2.26. The summed E-state index contributed by atoms with van der Waals surface area (Å²) in [6.45, 7) is 3.90. The van der Waals surface area contributed by atoms with Crippen molar-refractivity contribution in [3.8, 4) is 11.4 Å². The van der Waals surface area contributed by atoms with E-state index in [9.17, 15) is 14.9 Å². The van der Waals surface area contributed by atoms with Crippen molar-refractivity contribution in [2.24, 2.45) is 0 Å². The van der Waals surface area contributed by atoms with Crippen molar-refractivity contribution < 1.29 is 14.5 Å². The second-order valence-electron chi connectivity index (χ2n) is 7.34. The average Bonchev–Trinajstić information content (AvgIpc) is 3.29. The normalized spacial score (nSPS) is 13.9. The molecule has 0 unspecified atom stereocenters. The molecule has 2 heterocycles. The van der Waals surface area contributed by atoms with Crippen LogP contribution in [0.4, 0.5) is 11.6 Å². The van der Waals surface area contributed by atoms with E-state index in [0.717, 1.165) is 17.4 Å². The fourth-order valence-electron chi connectivity index (χ4n) is 3.72. The molecule has 1 aromatic heterocycles. The quantitative estimate of drug-likeness (QED) is 0.464. The van der Waals surface area contributed by atoms with Gasteiger partial charge in [-0.2, -0.15) is 0 Å². The summed E-state index contributed by atoms with van der Waals surface area (Å²) in [7, 11) is 1.63. The van der Waals surface area contributed by atoms with Crippen LogP contribution in [0, 0.1) is 17.0 Å². The number of aromatic nitrogens is 2. The number of aryl methyl sites for hydroxylation is 1. The third kappa shape index (κ3) is 4.07. The molecule has 3 aromatic rings. The number of piperazine rings is 1. The minimum Gasteiger partial charge on any atom is -0.497 e. The maximum absolute atomic E-state index is 12.9. The van der Waals surface area contributed by atoms with Crippen LogP contribution < -0.4 is 9.64 Å². The number of carbonyl (C=O) groups excluding carboxylic acids is 1. The Morgan fingerprint density at radius 3 is 2.61 bits per heavy atom. The fraction of sp³-hybridized carbons (Fsp3) is 0.273. The molecule has 1 aliphatic heterocycles. The Hall–Kier alpha value is -3.88. The van der Waals surface area contributed by atoms with Gasteiger partial charge in [0.2, 0.25) is 5.95 Å². The summed E-state index contributed by atoms with van der Waals surface area (Å²) in [6, 6.07) is 12.4. The van der Waals surface area contributed by atoms with E-state index in [1.807, 2.05) is 35.0 Å². The summed E-state index contributed by atoms with van der Waals surface area (Å²) in [5.74, 6) is 1.37. The van der Waals surface area contributed by atoms with E-state index in [4.69, 9.17) is 4.74 Å². The first kappa shape index (κ1) is 20.4. The number of nitrogens with zero attached hydrogens (tertiary/aromatic N) is 5. The number of hydrogen-bond donors (Lipinski definition) is 0. The molecule has 4 rings (SSSR count). The van der Waals surface area contributed by atoms with Crippen LogP contribution in [0.25, 0.3) is 5.69 Å². The first-order chi connectivity index (χ1) is 15.0. The van der Waals surface area contributed by atoms with Gasteiger partial charge in [-0.05, 0) is 25.1 Å². The second kappa shape index (κ2) is 8.47. The molecule has 0 saturated carbocycles. The highest BCUT2D eigenvalue weighted by molar-refractivity contribution is 5.95. The number of rotatable bonds is 5. The molecule has 31 heavy (non-hydrogen) atoms. The largest absolute Gasteiger partial charge is 0.497 e. The number of hydrogen-bond acceptors (Lipinski definition) is 6. The van der Waals surface area contributed by atoms with Gasteiger partial charge in [0, 0.05) is 61.8 Å². The molecule has 2 aromatic carbocycles. The highest BCUT2D eigenvalue weighted by Crippen LogP contribution is 2.24. The summed E-state index contributed by atoms with van der Waals surface area (Å²) < 4.78 is 7.31. The number of benzene rings is 2. The maximum atomic E-state index is 12.9. The van der Waals surface area contributed by atoms with Crippen molar-refractivity contribution in [3.63, 3.8) is 0 Å². The smallest absolute Gasteiger partial charge is 0.273 e. The maximum Gasteiger partial charge on any atom is 0.273 e. The van der Waals surface area contributed by atoms with Crippen LogP contribution in [0.5, 0.6) is 5.75 Å². The van der Waals surface area contributed by atoms with Crippen LogP contribution in [0.2, 0.25) is 0 Å². The second-order valence-corrected chi connectivity index (χ2v) is 7.34. The number of carbonyl (C=O) groups is 1. The molecule has 9 nitrogen and oxygen atoms in total. The predicted octanol–water partition coefficient (Wildman–Crippen LogP) is 3.06. The van der Waals surface area contributed by atoms with Crippen molar-refractivity contribution in [3.05, 3.63) is 76.1 Å². The minimum absolute atomic E-state index is 0.0372. The van der Waals surface area contributed by atoms with Gasteiger partial charge in [-0.3, -0.25) is 19.5 Å². The molecule has 0 atom stereocenters. The number of amides is 1. The van der Waals surface area contributed by atoms with E-state index in [2.05, 4.69) is 9.88 Å². The standard InChI is InChI=1S/C22H23N5O4/c1-16-6-7-17(14-20(16)27(29)30)21(28)24-10-12-25(13-11-24)22-23-8-9-26(22)18-4-3-5-19(15-18)31-2/h3-9,14-15H,10-13H2,1-2H3. The average molecular weight is 421 g/mol. The SMILES string of the molecule is COc1cccc(-n2ccnc2N2CCN(C(=O)c3ccc(C)c([N+](=O)[O-])c3)CC2)c1. The number of nitro benzene ring substituents is 1. The zero-order valence-corrected chi connectivity index (χ0v) is 17.4. The molecule has 0 spiro atoms. The highest BCUT2D eigenvalue weighted by atomic mass is 16.6. The van der Waals surface area contributed by atoms with Gasteiger partial charge in [0.05, 0.1) is 17.7 Å². The third-order valence-corrected chi connectivity index (χ3v) is 5.46. The van der Waals surface area contributed by atoms with E-state index in [0.29, 0.717) is 37.3 Å². The molecule has 9 heteroatoms. The molecule has 1 fully saturated rings. The van der Waals surface area contributed by atoms with Crippen molar-refractivity contribution in [2.75, 3.05) is 38.2 Å². The van der Waals surface area contributed by atoms with Gasteiger partial charge in [0.1, 0.15) is 5.75 Å². The number of ether oxygens (including phenoxy) is 1. The van der Waals surface area contributed by atoms with Crippen LogP contribution in [-0.2, 0) is 0 Å². The van der Waals surface area contributed by atoms with Gasteiger partial charge in [0.25, 0.3) is 11.6 Å². The van der Waals surface area contributed by atoms with Crippen LogP contribution in [-0.4, -0.2) is 58.6 Å². The number of nitro groups is 1.